The minimum atomic E-state index is -0.344. The minimum Gasteiger partial charge on any atom is -0.451 e. The van der Waals surface area contributed by atoms with E-state index >= 15 is 0 Å². The van der Waals surface area contributed by atoms with Crippen LogP contribution in [-0.2, 0) is 0 Å². The molecule has 0 radical (unpaired) electrons. The third-order valence-electron chi connectivity index (χ3n) is 3.98. The zero-order valence-corrected chi connectivity index (χ0v) is 14.2. The monoisotopic (exact) mass is 357 g/mol. The Balaban J connectivity index is 1.53. The number of benzene rings is 2. The van der Waals surface area contributed by atoms with Crippen molar-refractivity contribution in [3.05, 3.63) is 95.0 Å². The molecule has 0 aliphatic carbocycles. The number of hydrogen-bond donors (Lipinski definition) is 2. The number of carbonyl (C=O) groups excluding carboxylic acids is 1. The fourth-order valence-corrected chi connectivity index (χ4v) is 2.67. The Bertz CT molecular complexity index is 1130. The van der Waals surface area contributed by atoms with E-state index in [9.17, 15) is 9.59 Å². The molecule has 0 atom stereocenters. The highest BCUT2D eigenvalue weighted by Gasteiger charge is 2.13. The minimum absolute atomic E-state index is 0.224. The molecule has 0 spiro atoms. The molecule has 132 valence electrons. The second kappa shape index (κ2) is 7.13. The Kier molecular flexibility index (Phi) is 4.37. The molecule has 0 unspecified atom stereocenters. The molecule has 0 fully saturated rings. The average Bonchev–Trinajstić information content (AvgIpc) is 3.20. The number of hydrogen-bond acceptors (Lipinski definition) is 4. The number of nitrogens with zero attached hydrogens (tertiary/aromatic N) is 1. The molecule has 2 N–H and O–H groups in total. The van der Waals surface area contributed by atoms with Crippen LogP contribution >= 0.6 is 0 Å². The molecular weight excluding hydrogens is 342 g/mol. The quantitative estimate of drug-likeness (QED) is 0.579. The maximum Gasteiger partial charge on any atom is 0.291 e. The lowest BCUT2D eigenvalue weighted by Crippen LogP contribution is -2.11. The van der Waals surface area contributed by atoms with Gasteiger partial charge in [0.05, 0.1) is 5.69 Å². The first kappa shape index (κ1) is 16.5. The van der Waals surface area contributed by atoms with Crippen molar-refractivity contribution in [2.24, 2.45) is 0 Å². The van der Waals surface area contributed by atoms with Gasteiger partial charge in [-0.15, -0.1) is 0 Å². The van der Waals surface area contributed by atoms with Crippen LogP contribution in [0.4, 0.5) is 5.69 Å². The van der Waals surface area contributed by atoms with Gasteiger partial charge in [-0.1, -0.05) is 42.5 Å². The number of anilines is 1. The zero-order valence-electron chi connectivity index (χ0n) is 14.2. The second-order valence-electron chi connectivity index (χ2n) is 5.87. The van der Waals surface area contributed by atoms with E-state index in [1.165, 1.54) is 6.07 Å². The molecule has 0 saturated carbocycles. The molecule has 2 heterocycles. The third kappa shape index (κ3) is 3.69. The van der Waals surface area contributed by atoms with Gasteiger partial charge in [-0.2, -0.15) is 5.10 Å². The van der Waals surface area contributed by atoms with Gasteiger partial charge in [0.15, 0.2) is 5.76 Å². The molecule has 2 aromatic heterocycles. The van der Waals surface area contributed by atoms with E-state index < -0.39 is 0 Å². The van der Waals surface area contributed by atoms with E-state index in [0.29, 0.717) is 17.1 Å². The van der Waals surface area contributed by atoms with Crippen molar-refractivity contribution in [1.82, 2.24) is 10.2 Å². The van der Waals surface area contributed by atoms with E-state index in [0.717, 1.165) is 11.1 Å². The molecule has 0 aliphatic rings. The van der Waals surface area contributed by atoms with Crippen molar-refractivity contribution in [3.63, 3.8) is 0 Å². The molecular formula is C21H15N3O3. The lowest BCUT2D eigenvalue weighted by molar-refractivity contribution is 0.0997. The first-order valence-electron chi connectivity index (χ1n) is 8.32. The summed E-state index contributed by atoms with van der Waals surface area (Å²) in [6, 6.07) is 23.2. The van der Waals surface area contributed by atoms with Crippen LogP contribution in [0.15, 0.2) is 88.1 Å². The molecule has 2 aromatic carbocycles. The number of aromatic nitrogens is 2. The first-order chi connectivity index (χ1) is 13.2. The molecule has 1 amide bonds. The van der Waals surface area contributed by atoms with Crippen LogP contribution in [-0.4, -0.2) is 16.1 Å². The van der Waals surface area contributed by atoms with Gasteiger partial charge in [-0.3, -0.25) is 9.59 Å². The molecule has 0 bridgehead atoms. The van der Waals surface area contributed by atoms with Crippen molar-refractivity contribution < 1.29 is 9.21 Å². The number of nitrogens with one attached hydrogen (secondary N) is 2. The van der Waals surface area contributed by atoms with Crippen LogP contribution in [0.5, 0.6) is 0 Å². The Labute approximate surface area is 154 Å². The topological polar surface area (TPSA) is 88.0 Å². The highest BCUT2D eigenvalue weighted by molar-refractivity contribution is 6.02. The van der Waals surface area contributed by atoms with Crippen molar-refractivity contribution in [3.8, 4) is 22.6 Å². The number of H-pyrrole nitrogens is 1. The number of aromatic amines is 1. The summed E-state index contributed by atoms with van der Waals surface area (Å²) in [4.78, 5) is 23.6. The van der Waals surface area contributed by atoms with Gasteiger partial charge in [0.1, 0.15) is 5.76 Å². The van der Waals surface area contributed by atoms with Crippen LogP contribution in [0.1, 0.15) is 10.6 Å². The molecule has 4 aromatic rings. The van der Waals surface area contributed by atoms with E-state index in [4.69, 9.17) is 4.42 Å². The Morgan fingerprint density at radius 2 is 1.70 bits per heavy atom. The van der Waals surface area contributed by atoms with Crippen LogP contribution in [0, 0.1) is 0 Å². The fourth-order valence-electron chi connectivity index (χ4n) is 2.67. The van der Waals surface area contributed by atoms with Crippen molar-refractivity contribution in [2.45, 2.75) is 0 Å². The number of amides is 1. The SMILES string of the molecule is O=C(Nc1cccc(-c2ccc(=O)[nH]n2)c1)c1ccc(-c2ccccc2)o1. The van der Waals surface area contributed by atoms with Gasteiger partial charge >= 0.3 is 0 Å². The van der Waals surface area contributed by atoms with Gasteiger partial charge in [-0.05, 0) is 30.3 Å². The highest BCUT2D eigenvalue weighted by Crippen LogP contribution is 2.23. The number of furan rings is 1. The van der Waals surface area contributed by atoms with Crippen molar-refractivity contribution in [1.29, 1.82) is 0 Å². The summed E-state index contributed by atoms with van der Waals surface area (Å²) >= 11 is 0. The van der Waals surface area contributed by atoms with Gasteiger partial charge in [-0.25, -0.2) is 5.10 Å². The smallest absolute Gasteiger partial charge is 0.291 e. The van der Waals surface area contributed by atoms with Crippen LogP contribution < -0.4 is 10.9 Å². The van der Waals surface area contributed by atoms with E-state index in [1.54, 1.807) is 36.4 Å². The summed E-state index contributed by atoms with van der Waals surface area (Å²) in [5, 5.41) is 9.20. The van der Waals surface area contributed by atoms with Gasteiger partial charge in [0.25, 0.3) is 11.5 Å². The predicted molar refractivity (Wildman–Crippen MR) is 102 cm³/mol. The Morgan fingerprint density at radius 1 is 0.889 bits per heavy atom. The lowest BCUT2D eigenvalue weighted by Gasteiger charge is -2.06. The molecule has 6 nitrogen and oxygen atoms in total. The highest BCUT2D eigenvalue weighted by atomic mass is 16.3. The van der Waals surface area contributed by atoms with Crippen LogP contribution in [0.2, 0.25) is 0 Å². The summed E-state index contributed by atoms with van der Waals surface area (Å²) in [5.41, 5.74) is 2.62. The Morgan fingerprint density at radius 3 is 2.48 bits per heavy atom. The van der Waals surface area contributed by atoms with E-state index in [2.05, 4.69) is 15.5 Å². The van der Waals surface area contributed by atoms with E-state index in [1.807, 2.05) is 36.4 Å². The van der Waals surface area contributed by atoms with E-state index in [-0.39, 0.29) is 17.2 Å². The summed E-state index contributed by atoms with van der Waals surface area (Å²) in [6.07, 6.45) is 0. The number of carbonyl (C=O) groups is 1. The summed E-state index contributed by atoms with van der Waals surface area (Å²) in [7, 11) is 0. The summed E-state index contributed by atoms with van der Waals surface area (Å²) < 4.78 is 5.67. The first-order valence-corrected chi connectivity index (χ1v) is 8.32. The lowest BCUT2D eigenvalue weighted by atomic mass is 10.1. The molecule has 0 saturated heterocycles. The maximum atomic E-state index is 12.5. The van der Waals surface area contributed by atoms with Crippen LogP contribution in [0.3, 0.4) is 0 Å². The normalized spacial score (nSPS) is 10.5. The standard InChI is InChI=1S/C21H15N3O3/c25-20-12-9-17(23-24-20)15-7-4-8-16(13-15)22-21(26)19-11-10-18(27-19)14-5-2-1-3-6-14/h1-13H,(H,22,26)(H,24,25). The molecule has 6 heteroatoms. The van der Waals surface area contributed by atoms with Crippen molar-refractivity contribution >= 4 is 11.6 Å². The molecule has 4 rings (SSSR count). The fraction of sp³-hybridized carbons (Fsp3) is 0. The predicted octanol–water partition coefficient (Wildman–Crippen LogP) is 3.95. The second-order valence-corrected chi connectivity index (χ2v) is 5.87. The molecule has 0 aliphatic heterocycles. The van der Waals surface area contributed by atoms with Crippen LogP contribution in [0.25, 0.3) is 22.6 Å². The van der Waals surface area contributed by atoms with Gasteiger partial charge < -0.3 is 9.73 Å². The maximum absolute atomic E-state index is 12.5. The zero-order chi connectivity index (χ0) is 18.6. The average molecular weight is 357 g/mol. The third-order valence-corrected chi connectivity index (χ3v) is 3.98. The summed E-state index contributed by atoms with van der Waals surface area (Å²) in [6.45, 7) is 0. The Hall–Kier alpha value is -3.93. The summed E-state index contributed by atoms with van der Waals surface area (Å²) in [5.74, 6) is 0.511. The molecule has 27 heavy (non-hydrogen) atoms. The largest absolute Gasteiger partial charge is 0.451 e. The number of rotatable bonds is 4. The van der Waals surface area contributed by atoms with Gasteiger partial charge in [0.2, 0.25) is 0 Å². The van der Waals surface area contributed by atoms with Crippen molar-refractivity contribution in [2.75, 3.05) is 5.32 Å². The van der Waals surface area contributed by atoms with Gasteiger partial charge in [0, 0.05) is 22.9 Å².